The number of esters is 4. The van der Waals surface area contributed by atoms with Gasteiger partial charge in [-0.1, -0.05) is 325 Å². The molecule has 0 fully saturated rings. The summed E-state index contributed by atoms with van der Waals surface area (Å²) in [5.74, 6) is 0.889. The van der Waals surface area contributed by atoms with Crippen LogP contribution in [0.15, 0.2) is 0 Å². The quantitative estimate of drug-likeness (QED) is 0.0222. The van der Waals surface area contributed by atoms with Crippen molar-refractivity contribution in [3.63, 3.8) is 0 Å². The minimum Gasteiger partial charge on any atom is -0.462 e. The molecule has 0 radical (unpaired) electrons. The molecule has 0 aliphatic heterocycles. The van der Waals surface area contributed by atoms with Crippen LogP contribution in [0.2, 0.25) is 0 Å². The van der Waals surface area contributed by atoms with Crippen molar-refractivity contribution in [3.05, 3.63) is 0 Å². The van der Waals surface area contributed by atoms with Gasteiger partial charge in [-0.25, -0.2) is 9.13 Å². The standard InChI is InChI=1S/C75H146O17P2/c1-65(2)51-43-35-27-21-15-10-9-11-18-24-30-39-47-55-72(77)85-61-70(91-75(80)58-50-42-32-26-20-14-17-23-29-37-45-53-67(5)6)63-89-93(81,82)87-59-69(76)60-88-94(83,84)90-64-71(62-86-73(78)56-48-40-34-33-38-46-54-68(7)8)92-74(79)57-49-41-31-25-19-13-12-16-22-28-36-44-52-66(3)4/h65-71,76H,9-64H2,1-8H3,(H,81,82)(H,83,84)/t69-,70-,71-/m1/s1. The summed E-state index contributed by atoms with van der Waals surface area (Å²) in [6.45, 7) is 14.1. The zero-order chi connectivity index (χ0) is 69.6. The first-order chi connectivity index (χ1) is 45.1. The van der Waals surface area contributed by atoms with Gasteiger partial charge in [0.1, 0.15) is 19.3 Å². The summed E-state index contributed by atoms with van der Waals surface area (Å²) < 4.78 is 68.5. The number of unbranched alkanes of at least 4 members (excludes halogenated alkanes) is 38. The molecular weight excluding hydrogens is 1230 g/mol. The van der Waals surface area contributed by atoms with Gasteiger partial charge in [0.2, 0.25) is 0 Å². The second-order valence-corrected chi connectivity index (χ2v) is 31.9. The lowest BCUT2D eigenvalue weighted by atomic mass is 10.0. The molecule has 3 N–H and O–H groups in total. The highest BCUT2D eigenvalue weighted by Crippen LogP contribution is 2.45. The molecule has 0 rings (SSSR count). The van der Waals surface area contributed by atoms with Crippen LogP contribution in [0.3, 0.4) is 0 Å². The Hall–Kier alpha value is -1.94. The monoisotopic (exact) mass is 1380 g/mol. The molecule has 19 heteroatoms. The van der Waals surface area contributed by atoms with Gasteiger partial charge in [-0.05, 0) is 49.4 Å². The Labute approximate surface area is 575 Å². The Kier molecular flexibility index (Phi) is 63.1. The van der Waals surface area contributed by atoms with E-state index in [1.54, 1.807) is 0 Å². The number of carbonyl (C=O) groups is 4. The van der Waals surface area contributed by atoms with Gasteiger partial charge in [0.25, 0.3) is 0 Å². The predicted octanol–water partition coefficient (Wildman–Crippen LogP) is 21.7. The molecule has 0 amide bonds. The minimum absolute atomic E-state index is 0.105. The van der Waals surface area contributed by atoms with Crippen LogP contribution in [0.1, 0.15) is 376 Å². The third kappa shape index (κ3) is 68.6. The number of phosphoric ester groups is 2. The normalized spacial score (nSPS) is 14.2. The van der Waals surface area contributed by atoms with Crippen LogP contribution in [0.4, 0.5) is 0 Å². The fourth-order valence-electron chi connectivity index (χ4n) is 11.4. The van der Waals surface area contributed by atoms with E-state index < -0.39 is 97.5 Å². The topological polar surface area (TPSA) is 237 Å². The van der Waals surface area contributed by atoms with E-state index in [4.69, 9.17) is 37.0 Å². The average molecular weight is 1380 g/mol. The number of hydrogen-bond acceptors (Lipinski definition) is 15. The fourth-order valence-corrected chi connectivity index (χ4v) is 13.0. The Morgan fingerprint density at radius 3 is 0.660 bits per heavy atom. The fraction of sp³-hybridized carbons (Fsp3) is 0.947. The summed E-state index contributed by atoms with van der Waals surface area (Å²) in [5.41, 5.74) is 0. The lowest BCUT2D eigenvalue weighted by molar-refractivity contribution is -0.161. The second-order valence-electron chi connectivity index (χ2n) is 28.9. The first-order valence-corrected chi connectivity index (χ1v) is 41.7. The van der Waals surface area contributed by atoms with Gasteiger partial charge < -0.3 is 33.8 Å². The van der Waals surface area contributed by atoms with Crippen LogP contribution >= 0.6 is 15.6 Å². The maximum absolute atomic E-state index is 13.1. The van der Waals surface area contributed by atoms with Crippen molar-refractivity contribution in [1.82, 2.24) is 0 Å². The maximum atomic E-state index is 13.1. The molecule has 0 aromatic heterocycles. The highest BCUT2D eigenvalue weighted by atomic mass is 31.2. The van der Waals surface area contributed by atoms with Gasteiger partial charge in [0.05, 0.1) is 26.4 Å². The van der Waals surface area contributed by atoms with E-state index in [2.05, 4.69) is 55.4 Å². The van der Waals surface area contributed by atoms with Gasteiger partial charge >= 0.3 is 39.5 Å². The molecule has 0 heterocycles. The van der Waals surface area contributed by atoms with Gasteiger partial charge in [-0.15, -0.1) is 0 Å². The second kappa shape index (κ2) is 64.4. The van der Waals surface area contributed by atoms with Crippen molar-refractivity contribution in [2.24, 2.45) is 23.7 Å². The largest absolute Gasteiger partial charge is 0.472 e. The minimum atomic E-state index is -4.96. The molecule has 0 aliphatic carbocycles. The molecule has 2 unspecified atom stereocenters. The average Bonchev–Trinajstić information content (AvgIpc) is 1.17. The van der Waals surface area contributed by atoms with Crippen molar-refractivity contribution in [2.45, 2.75) is 395 Å². The van der Waals surface area contributed by atoms with E-state index in [0.29, 0.717) is 31.6 Å². The van der Waals surface area contributed by atoms with Gasteiger partial charge in [-0.2, -0.15) is 0 Å². The molecular formula is C75H146O17P2. The van der Waals surface area contributed by atoms with Crippen molar-refractivity contribution in [1.29, 1.82) is 0 Å². The highest BCUT2D eigenvalue weighted by Gasteiger charge is 2.30. The molecule has 5 atom stereocenters. The first kappa shape index (κ1) is 92.1. The molecule has 558 valence electrons. The van der Waals surface area contributed by atoms with E-state index in [9.17, 15) is 43.2 Å². The van der Waals surface area contributed by atoms with E-state index in [1.807, 2.05) is 0 Å². The van der Waals surface area contributed by atoms with E-state index in [-0.39, 0.29) is 25.7 Å². The number of aliphatic hydroxyl groups is 1. The SMILES string of the molecule is CC(C)CCCCCCCCCCCCCCCC(=O)OC[C@H](COP(=O)(O)OC[C@@H](O)COP(=O)(O)OC[C@@H](COC(=O)CCCCCCCCC(C)C)OC(=O)CCCCCCCCCCCCCCC(C)C)OC(=O)CCCCCCCCCCCCCC(C)C. The van der Waals surface area contributed by atoms with Crippen molar-refractivity contribution in [3.8, 4) is 0 Å². The lowest BCUT2D eigenvalue weighted by Crippen LogP contribution is -2.30. The van der Waals surface area contributed by atoms with Crippen molar-refractivity contribution < 1.29 is 80.2 Å². The molecule has 0 saturated heterocycles. The highest BCUT2D eigenvalue weighted by molar-refractivity contribution is 7.47. The Morgan fingerprint density at radius 2 is 0.447 bits per heavy atom. The summed E-state index contributed by atoms with van der Waals surface area (Å²) in [4.78, 5) is 72.7. The van der Waals surface area contributed by atoms with Crippen molar-refractivity contribution >= 4 is 39.5 Å². The maximum Gasteiger partial charge on any atom is 0.472 e. The summed E-state index contributed by atoms with van der Waals surface area (Å²) in [5, 5.41) is 10.6. The van der Waals surface area contributed by atoms with Crippen LogP contribution in [-0.2, 0) is 65.4 Å². The van der Waals surface area contributed by atoms with Crippen LogP contribution < -0.4 is 0 Å². The number of hydrogen-bond donors (Lipinski definition) is 3. The molecule has 0 saturated carbocycles. The van der Waals surface area contributed by atoms with E-state index >= 15 is 0 Å². The molecule has 0 aromatic rings. The third-order valence-electron chi connectivity index (χ3n) is 17.3. The van der Waals surface area contributed by atoms with Gasteiger partial charge in [0, 0.05) is 25.7 Å². The smallest absolute Gasteiger partial charge is 0.462 e. The molecule has 17 nitrogen and oxygen atoms in total. The van der Waals surface area contributed by atoms with E-state index in [0.717, 1.165) is 114 Å². The van der Waals surface area contributed by atoms with Gasteiger partial charge in [0.15, 0.2) is 12.2 Å². The van der Waals surface area contributed by atoms with Crippen LogP contribution in [0.5, 0.6) is 0 Å². The van der Waals surface area contributed by atoms with Gasteiger partial charge in [-0.3, -0.25) is 37.3 Å². The summed E-state index contributed by atoms with van der Waals surface area (Å²) in [7, 11) is -9.91. The Morgan fingerprint density at radius 1 is 0.266 bits per heavy atom. The molecule has 0 aliphatic rings. The van der Waals surface area contributed by atoms with E-state index in [1.165, 1.54) is 173 Å². The number of phosphoric acid groups is 2. The number of ether oxygens (including phenoxy) is 4. The van der Waals surface area contributed by atoms with Crippen LogP contribution in [0.25, 0.3) is 0 Å². The summed E-state index contributed by atoms with van der Waals surface area (Å²) in [6, 6.07) is 0. The molecule has 0 spiro atoms. The van der Waals surface area contributed by atoms with Crippen LogP contribution in [-0.4, -0.2) is 96.7 Å². The zero-order valence-electron chi connectivity index (χ0n) is 61.6. The first-order valence-electron chi connectivity index (χ1n) is 38.7. The van der Waals surface area contributed by atoms with Crippen LogP contribution in [0, 0.1) is 23.7 Å². The Balaban J connectivity index is 5.24. The Bertz CT molecular complexity index is 1850. The number of carbonyl (C=O) groups excluding carboxylic acids is 4. The summed E-state index contributed by atoms with van der Waals surface area (Å²) >= 11 is 0. The number of aliphatic hydroxyl groups excluding tert-OH is 1. The predicted molar refractivity (Wildman–Crippen MR) is 381 cm³/mol. The molecule has 0 bridgehead atoms. The third-order valence-corrected chi connectivity index (χ3v) is 19.2. The summed E-state index contributed by atoms with van der Waals surface area (Å²) in [6.07, 6.45) is 48.7. The van der Waals surface area contributed by atoms with Crippen molar-refractivity contribution in [2.75, 3.05) is 39.6 Å². The molecule has 94 heavy (non-hydrogen) atoms. The lowest BCUT2D eigenvalue weighted by Gasteiger charge is -2.21. The molecule has 0 aromatic carbocycles. The zero-order valence-corrected chi connectivity index (χ0v) is 63.4. The number of rotatable bonds is 72.